The van der Waals surface area contributed by atoms with Gasteiger partial charge in [-0.05, 0) is 141 Å². The molecule has 0 spiro atoms. The van der Waals surface area contributed by atoms with Gasteiger partial charge in [0.1, 0.15) is 13.2 Å². The molecular formula is C74H116O6. The van der Waals surface area contributed by atoms with Crippen LogP contribution in [0.15, 0.2) is 170 Å². The van der Waals surface area contributed by atoms with Crippen LogP contribution in [0.1, 0.15) is 258 Å². The Morgan fingerprint density at radius 1 is 0.263 bits per heavy atom. The number of carbonyl (C=O) groups excluding carboxylic acids is 3. The molecule has 0 N–H and O–H groups in total. The van der Waals surface area contributed by atoms with Crippen LogP contribution >= 0.6 is 0 Å². The quantitative estimate of drug-likeness (QED) is 0.0261. The number of ether oxygens (including phenoxy) is 3. The molecule has 0 aliphatic rings. The summed E-state index contributed by atoms with van der Waals surface area (Å²) in [4.78, 5) is 38.2. The van der Waals surface area contributed by atoms with Gasteiger partial charge in [0.05, 0.1) is 0 Å². The maximum atomic E-state index is 12.9. The Kier molecular flexibility index (Phi) is 61.9. The van der Waals surface area contributed by atoms with Gasteiger partial charge in [-0.3, -0.25) is 14.4 Å². The van der Waals surface area contributed by atoms with E-state index in [0.717, 1.165) is 148 Å². The highest BCUT2D eigenvalue weighted by Crippen LogP contribution is 2.14. The predicted octanol–water partition coefficient (Wildman–Crippen LogP) is 22.3. The van der Waals surface area contributed by atoms with E-state index in [2.05, 4.69) is 179 Å². The molecule has 6 heteroatoms. The summed E-state index contributed by atoms with van der Waals surface area (Å²) in [5, 5.41) is 0. The summed E-state index contributed by atoms with van der Waals surface area (Å²) in [7, 11) is 0. The Hall–Kier alpha value is -5.23. The minimum atomic E-state index is -0.826. The van der Waals surface area contributed by atoms with E-state index in [0.29, 0.717) is 12.8 Å². The van der Waals surface area contributed by atoms with Crippen molar-refractivity contribution in [3.05, 3.63) is 170 Å². The third kappa shape index (κ3) is 63.6. The average molecular weight is 1100 g/mol. The van der Waals surface area contributed by atoms with Crippen molar-refractivity contribution < 1.29 is 28.6 Å². The summed E-state index contributed by atoms with van der Waals surface area (Å²) in [5.41, 5.74) is 0. The van der Waals surface area contributed by atoms with Crippen molar-refractivity contribution in [3.8, 4) is 0 Å². The van der Waals surface area contributed by atoms with E-state index in [9.17, 15) is 14.4 Å². The van der Waals surface area contributed by atoms with E-state index < -0.39 is 6.10 Å². The lowest BCUT2D eigenvalue weighted by Crippen LogP contribution is -2.30. The highest BCUT2D eigenvalue weighted by molar-refractivity contribution is 5.71. The minimum absolute atomic E-state index is 0.117. The van der Waals surface area contributed by atoms with Gasteiger partial charge in [-0.25, -0.2) is 0 Å². The molecule has 0 rings (SSSR count). The summed E-state index contributed by atoms with van der Waals surface area (Å²) < 4.78 is 16.8. The average Bonchev–Trinajstić information content (AvgIpc) is 3.46. The number of allylic oxidation sites excluding steroid dienone is 28. The van der Waals surface area contributed by atoms with Crippen LogP contribution in [0.5, 0.6) is 0 Å². The molecule has 0 aliphatic heterocycles. The van der Waals surface area contributed by atoms with Crippen LogP contribution in [-0.4, -0.2) is 37.2 Å². The molecule has 0 amide bonds. The highest BCUT2D eigenvalue weighted by atomic mass is 16.6. The van der Waals surface area contributed by atoms with Crippen molar-refractivity contribution in [3.63, 3.8) is 0 Å². The smallest absolute Gasteiger partial charge is 0.306 e. The largest absolute Gasteiger partial charge is 0.462 e. The number of hydrogen-bond donors (Lipinski definition) is 0. The van der Waals surface area contributed by atoms with E-state index in [1.165, 1.54) is 64.2 Å². The zero-order valence-corrected chi connectivity index (χ0v) is 51.3. The van der Waals surface area contributed by atoms with Crippen molar-refractivity contribution in [1.82, 2.24) is 0 Å². The summed E-state index contributed by atoms with van der Waals surface area (Å²) in [5.74, 6) is -1.03. The molecule has 0 aromatic heterocycles. The van der Waals surface area contributed by atoms with Gasteiger partial charge in [-0.2, -0.15) is 0 Å². The Balaban J connectivity index is 4.35. The van der Waals surface area contributed by atoms with E-state index in [-0.39, 0.29) is 44.0 Å². The predicted molar refractivity (Wildman–Crippen MR) is 348 cm³/mol. The number of esters is 3. The van der Waals surface area contributed by atoms with Gasteiger partial charge in [0.2, 0.25) is 0 Å². The molecular weight excluding hydrogens is 985 g/mol. The molecule has 0 aliphatic carbocycles. The van der Waals surface area contributed by atoms with Crippen molar-refractivity contribution in [2.45, 2.75) is 264 Å². The normalized spacial score (nSPS) is 13.3. The third-order valence-electron chi connectivity index (χ3n) is 12.9. The van der Waals surface area contributed by atoms with E-state index >= 15 is 0 Å². The van der Waals surface area contributed by atoms with Gasteiger partial charge in [-0.1, -0.05) is 268 Å². The SMILES string of the molecule is CC/C=C\C/C=C\C/C=C\C/C=C\C/C=C\C/C=C\C/C=C\C/C=C\CCCCCCCCCCC(=O)OCC(COC(=O)CC/C=C\C/C=C\C/C=C\C/C=C\CC)OC(=O)CCCCCCC/C=C\C/C=C\CCCCCC. The first kappa shape index (κ1) is 74.8. The zero-order chi connectivity index (χ0) is 57.8. The second-order valence-electron chi connectivity index (χ2n) is 20.5. The van der Waals surface area contributed by atoms with Gasteiger partial charge >= 0.3 is 17.9 Å². The number of hydrogen-bond acceptors (Lipinski definition) is 6. The fourth-order valence-electron chi connectivity index (χ4n) is 8.21. The maximum Gasteiger partial charge on any atom is 0.306 e. The molecule has 0 radical (unpaired) electrons. The van der Waals surface area contributed by atoms with Crippen LogP contribution in [-0.2, 0) is 28.6 Å². The maximum absolute atomic E-state index is 12.9. The molecule has 6 nitrogen and oxygen atoms in total. The fraction of sp³-hybridized carbons (Fsp3) is 0.581. The molecule has 0 fully saturated rings. The molecule has 1 unspecified atom stereocenters. The summed E-state index contributed by atoms with van der Waals surface area (Å²) in [6, 6.07) is 0. The minimum Gasteiger partial charge on any atom is -0.462 e. The number of carbonyl (C=O) groups is 3. The molecule has 0 heterocycles. The zero-order valence-electron chi connectivity index (χ0n) is 51.3. The van der Waals surface area contributed by atoms with Crippen molar-refractivity contribution in [2.75, 3.05) is 13.2 Å². The standard InChI is InChI=1S/C74H116O6/c1-4-7-10-13-16-19-22-25-27-29-30-31-32-33-34-35-36-37-38-39-40-41-42-43-44-45-47-49-52-55-58-61-64-67-73(76)79-70-71(69-78-72(75)66-63-60-57-54-51-48-24-21-18-15-12-9-6-3)80-74(77)68-65-62-59-56-53-50-46-28-26-23-20-17-14-11-8-5-2/h7,9-10,12,16,18-21,23,25,27-28,30-31,33-34,36-37,39-40,42-43,46,48,51,57,60,71H,4-6,8,11,13-15,17,22,24,26,29,32,35,38,41,44-45,47,49-50,52-56,58-59,61-70H2,1-3H3/b10-7-,12-9-,19-16-,21-18-,23-20-,27-25-,31-30-,34-33-,37-36-,40-39-,43-42-,46-28-,51-48-,60-57-. The first-order chi connectivity index (χ1) is 39.5. The summed E-state index contributed by atoms with van der Waals surface area (Å²) in [6.45, 7) is 6.30. The lowest BCUT2D eigenvalue weighted by atomic mass is 10.1. The molecule has 80 heavy (non-hydrogen) atoms. The van der Waals surface area contributed by atoms with Crippen molar-refractivity contribution >= 4 is 17.9 Å². The van der Waals surface area contributed by atoms with Gasteiger partial charge in [-0.15, -0.1) is 0 Å². The van der Waals surface area contributed by atoms with Crippen molar-refractivity contribution in [1.29, 1.82) is 0 Å². The van der Waals surface area contributed by atoms with Gasteiger partial charge in [0, 0.05) is 19.3 Å². The summed E-state index contributed by atoms with van der Waals surface area (Å²) in [6.07, 6.45) is 98.1. The summed E-state index contributed by atoms with van der Waals surface area (Å²) >= 11 is 0. The Labute approximate surface area is 492 Å². The fourth-order valence-corrected chi connectivity index (χ4v) is 8.21. The monoisotopic (exact) mass is 1100 g/mol. The van der Waals surface area contributed by atoms with Crippen molar-refractivity contribution in [2.24, 2.45) is 0 Å². The van der Waals surface area contributed by atoms with Crippen LogP contribution in [0.4, 0.5) is 0 Å². The molecule has 0 saturated carbocycles. The van der Waals surface area contributed by atoms with Crippen LogP contribution in [0.2, 0.25) is 0 Å². The first-order valence-corrected chi connectivity index (χ1v) is 32.1. The van der Waals surface area contributed by atoms with Gasteiger partial charge in [0.15, 0.2) is 6.10 Å². The second-order valence-corrected chi connectivity index (χ2v) is 20.5. The first-order valence-electron chi connectivity index (χ1n) is 32.1. The number of unbranched alkanes of at least 4 members (excludes halogenated alkanes) is 17. The van der Waals surface area contributed by atoms with E-state index in [1.54, 1.807) is 0 Å². The molecule has 0 aromatic carbocycles. The van der Waals surface area contributed by atoms with E-state index in [4.69, 9.17) is 14.2 Å². The van der Waals surface area contributed by atoms with Crippen LogP contribution < -0.4 is 0 Å². The van der Waals surface area contributed by atoms with Crippen LogP contribution in [0, 0.1) is 0 Å². The Morgan fingerprint density at radius 3 is 0.838 bits per heavy atom. The topological polar surface area (TPSA) is 78.9 Å². The Morgan fingerprint density at radius 2 is 0.512 bits per heavy atom. The van der Waals surface area contributed by atoms with E-state index in [1.807, 2.05) is 12.2 Å². The van der Waals surface area contributed by atoms with Crippen LogP contribution in [0.25, 0.3) is 0 Å². The van der Waals surface area contributed by atoms with Gasteiger partial charge in [0.25, 0.3) is 0 Å². The molecule has 1 atom stereocenters. The third-order valence-corrected chi connectivity index (χ3v) is 12.9. The Bertz CT molecular complexity index is 1840. The second kappa shape index (κ2) is 66.3. The molecule has 448 valence electrons. The van der Waals surface area contributed by atoms with Gasteiger partial charge < -0.3 is 14.2 Å². The lowest BCUT2D eigenvalue weighted by molar-refractivity contribution is -0.166. The van der Waals surface area contributed by atoms with Crippen LogP contribution in [0.3, 0.4) is 0 Å². The molecule has 0 bridgehead atoms. The highest BCUT2D eigenvalue weighted by Gasteiger charge is 2.19. The molecule has 0 saturated heterocycles. The lowest BCUT2D eigenvalue weighted by Gasteiger charge is -2.18. The molecule has 0 aromatic rings. The number of rotatable bonds is 56.